The van der Waals surface area contributed by atoms with Crippen molar-refractivity contribution in [2.24, 2.45) is 5.92 Å². The van der Waals surface area contributed by atoms with Crippen LogP contribution in [0, 0.1) is 5.92 Å². The lowest BCUT2D eigenvalue weighted by Gasteiger charge is -2.36. The van der Waals surface area contributed by atoms with Gasteiger partial charge in [-0.3, -0.25) is 9.69 Å². The molecule has 6 heteroatoms. The normalized spacial score (nSPS) is 18.1. The van der Waals surface area contributed by atoms with Gasteiger partial charge in [0.25, 0.3) is 0 Å². The van der Waals surface area contributed by atoms with Crippen molar-refractivity contribution in [3.63, 3.8) is 0 Å². The highest BCUT2D eigenvalue weighted by Crippen LogP contribution is 2.06. The van der Waals surface area contributed by atoms with Crippen LogP contribution >= 0.6 is 0 Å². The maximum atomic E-state index is 12.0. The third-order valence-electron chi connectivity index (χ3n) is 3.44. The maximum absolute atomic E-state index is 12.0. The molecule has 0 radical (unpaired) electrons. The molecule has 1 aliphatic heterocycles. The summed E-state index contributed by atoms with van der Waals surface area (Å²) in [6.07, 6.45) is 0.554. The molecule has 1 rings (SSSR count). The summed E-state index contributed by atoms with van der Waals surface area (Å²) in [6.45, 7) is 10.6. The highest BCUT2D eigenvalue weighted by Gasteiger charge is 2.22. The molecule has 0 spiro atoms. The van der Waals surface area contributed by atoms with Crippen LogP contribution in [0.5, 0.6) is 0 Å². The van der Waals surface area contributed by atoms with E-state index in [2.05, 4.69) is 24.1 Å². The molecule has 1 heterocycles. The molecule has 1 saturated heterocycles. The predicted molar refractivity (Wildman–Crippen MR) is 77.7 cm³/mol. The Balaban J connectivity index is 2.26. The van der Waals surface area contributed by atoms with Crippen molar-refractivity contribution in [3.8, 4) is 0 Å². The van der Waals surface area contributed by atoms with Gasteiger partial charge in [-0.2, -0.15) is 0 Å². The standard InChI is InChI=1S/C14H27N3O3/c1-11(2)10-16-6-8-17(9-7-16)14(20)15-12(3)4-5-13(18)19/h11-12H,4-10H2,1-3H3,(H,15,20)(H,18,19). The smallest absolute Gasteiger partial charge is 0.317 e. The molecule has 20 heavy (non-hydrogen) atoms. The molecule has 0 saturated carbocycles. The molecule has 2 amide bonds. The topological polar surface area (TPSA) is 72.9 Å². The van der Waals surface area contributed by atoms with Crippen molar-refractivity contribution < 1.29 is 14.7 Å². The van der Waals surface area contributed by atoms with Crippen LogP contribution in [0.2, 0.25) is 0 Å². The fraction of sp³-hybridized carbons (Fsp3) is 0.857. The van der Waals surface area contributed by atoms with E-state index in [1.54, 1.807) is 0 Å². The average Bonchev–Trinajstić information content (AvgIpc) is 2.36. The van der Waals surface area contributed by atoms with Crippen molar-refractivity contribution in [1.29, 1.82) is 0 Å². The zero-order chi connectivity index (χ0) is 15.1. The van der Waals surface area contributed by atoms with Gasteiger partial charge in [-0.25, -0.2) is 4.79 Å². The molecule has 1 aliphatic rings. The van der Waals surface area contributed by atoms with Crippen LogP contribution in [0.3, 0.4) is 0 Å². The molecule has 1 unspecified atom stereocenters. The van der Waals surface area contributed by atoms with E-state index in [9.17, 15) is 9.59 Å². The summed E-state index contributed by atoms with van der Waals surface area (Å²) in [5.74, 6) is -0.181. The van der Waals surface area contributed by atoms with Crippen molar-refractivity contribution in [2.45, 2.75) is 39.7 Å². The summed E-state index contributed by atoms with van der Waals surface area (Å²) in [7, 11) is 0. The van der Waals surface area contributed by atoms with Gasteiger partial charge in [-0.05, 0) is 19.3 Å². The van der Waals surface area contributed by atoms with Gasteiger partial charge in [0.15, 0.2) is 0 Å². The SMILES string of the molecule is CC(C)CN1CCN(C(=O)NC(C)CCC(=O)O)CC1. The first-order valence-corrected chi connectivity index (χ1v) is 7.38. The first-order valence-electron chi connectivity index (χ1n) is 7.38. The van der Waals surface area contributed by atoms with E-state index < -0.39 is 5.97 Å². The highest BCUT2D eigenvalue weighted by molar-refractivity contribution is 5.74. The fourth-order valence-corrected chi connectivity index (χ4v) is 2.36. The van der Waals surface area contributed by atoms with Crippen LogP contribution in [-0.4, -0.2) is 65.7 Å². The van der Waals surface area contributed by atoms with Crippen LogP contribution in [0.4, 0.5) is 4.79 Å². The first-order chi connectivity index (χ1) is 9.38. The zero-order valence-electron chi connectivity index (χ0n) is 12.8. The van der Waals surface area contributed by atoms with Gasteiger partial charge in [0.2, 0.25) is 0 Å². The number of nitrogens with zero attached hydrogens (tertiary/aromatic N) is 2. The average molecular weight is 285 g/mol. The predicted octanol–water partition coefficient (Wildman–Crippen LogP) is 1.22. The van der Waals surface area contributed by atoms with Crippen molar-refractivity contribution >= 4 is 12.0 Å². The number of nitrogens with one attached hydrogen (secondary N) is 1. The van der Waals surface area contributed by atoms with Gasteiger partial charge in [-0.15, -0.1) is 0 Å². The number of hydrogen-bond donors (Lipinski definition) is 2. The van der Waals surface area contributed by atoms with Crippen LogP contribution in [-0.2, 0) is 4.79 Å². The number of carboxylic acids is 1. The highest BCUT2D eigenvalue weighted by atomic mass is 16.4. The third kappa shape index (κ3) is 6.23. The maximum Gasteiger partial charge on any atom is 0.317 e. The van der Waals surface area contributed by atoms with Gasteiger partial charge in [0.1, 0.15) is 0 Å². The summed E-state index contributed by atoms with van der Waals surface area (Å²) in [5.41, 5.74) is 0. The van der Waals surface area contributed by atoms with Gasteiger partial charge in [0.05, 0.1) is 0 Å². The Morgan fingerprint density at radius 3 is 2.25 bits per heavy atom. The lowest BCUT2D eigenvalue weighted by molar-refractivity contribution is -0.137. The van der Waals surface area contributed by atoms with Crippen LogP contribution in [0.25, 0.3) is 0 Å². The molecule has 0 aliphatic carbocycles. The largest absolute Gasteiger partial charge is 0.481 e. The van der Waals surface area contributed by atoms with Gasteiger partial charge in [0, 0.05) is 45.2 Å². The Morgan fingerprint density at radius 2 is 1.75 bits per heavy atom. The second-order valence-corrected chi connectivity index (χ2v) is 5.96. The van der Waals surface area contributed by atoms with Gasteiger partial charge < -0.3 is 15.3 Å². The Morgan fingerprint density at radius 1 is 1.15 bits per heavy atom. The van der Waals surface area contributed by atoms with Crippen LogP contribution in [0.1, 0.15) is 33.6 Å². The Kier molecular flexibility index (Phi) is 6.78. The van der Waals surface area contributed by atoms with Crippen LogP contribution in [0.15, 0.2) is 0 Å². The minimum Gasteiger partial charge on any atom is -0.481 e. The third-order valence-corrected chi connectivity index (χ3v) is 3.44. The number of hydrogen-bond acceptors (Lipinski definition) is 3. The number of piperazine rings is 1. The molecule has 0 aromatic rings. The molecule has 0 bridgehead atoms. The quantitative estimate of drug-likeness (QED) is 0.769. The second-order valence-electron chi connectivity index (χ2n) is 5.96. The lowest BCUT2D eigenvalue weighted by atomic mass is 10.2. The van der Waals surface area contributed by atoms with Crippen molar-refractivity contribution in [3.05, 3.63) is 0 Å². The summed E-state index contributed by atoms with van der Waals surface area (Å²) in [4.78, 5) is 26.7. The van der Waals surface area contributed by atoms with Crippen LogP contribution < -0.4 is 5.32 Å². The Labute approximate surface area is 121 Å². The van der Waals surface area contributed by atoms with E-state index in [0.717, 1.165) is 32.7 Å². The summed E-state index contributed by atoms with van der Waals surface area (Å²) < 4.78 is 0. The van der Waals surface area contributed by atoms with E-state index in [-0.39, 0.29) is 18.5 Å². The second kappa shape index (κ2) is 8.09. The molecule has 2 N–H and O–H groups in total. The van der Waals surface area contributed by atoms with Crippen molar-refractivity contribution in [2.75, 3.05) is 32.7 Å². The number of carboxylic acid groups (broad SMARTS) is 1. The monoisotopic (exact) mass is 285 g/mol. The van der Waals surface area contributed by atoms with E-state index in [1.165, 1.54) is 0 Å². The van der Waals surface area contributed by atoms with Gasteiger partial charge >= 0.3 is 12.0 Å². The molecule has 1 atom stereocenters. The first kappa shape index (κ1) is 16.8. The van der Waals surface area contributed by atoms with Crippen molar-refractivity contribution in [1.82, 2.24) is 15.1 Å². The molecule has 6 nitrogen and oxygen atoms in total. The van der Waals surface area contributed by atoms with E-state index in [1.807, 2.05) is 11.8 Å². The molecule has 0 aromatic heterocycles. The molecular weight excluding hydrogens is 258 g/mol. The molecule has 116 valence electrons. The fourth-order valence-electron chi connectivity index (χ4n) is 2.36. The zero-order valence-corrected chi connectivity index (χ0v) is 12.8. The number of amides is 2. The minimum absolute atomic E-state index is 0.0768. The number of carbonyl (C=O) groups excluding carboxylic acids is 1. The minimum atomic E-state index is -0.826. The van der Waals surface area contributed by atoms with E-state index in [0.29, 0.717) is 12.3 Å². The number of urea groups is 1. The summed E-state index contributed by atoms with van der Waals surface area (Å²) in [5, 5.41) is 11.5. The molecule has 0 aromatic carbocycles. The Bertz CT molecular complexity index is 326. The number of aliphatic carboxylic acids is 1. The summed E-state index contributed by atoms with van der Waals surface area (Å²) >= 11 is 0. The summed E-state index contributed by atoms with van der Waals surface area (Å²) in [6, 6.07) is -0.181. The van der Waals surface area contributed by atoms with E-state index >= 15 is 0 Å². The number of rotatable bonds is 6. The molecule has 1 fully saturated rings. The Hall–Kier alpha value is -1.30. The lowest BCUT2D eigenvalue weighted by Crippen LogP contribution is -2.53. The number of carbonyl (C=O) groups is 2. The molecular formula is C14H27N3O3. The van der Waals surface area contributed by atoms with E-state index in [4.69, 9.17) is 5.11 Å². The van der Waals surface area contributed by atoms with Gasteiger partial charge in [-0.1, -0.05) is 13.8 Å².